The minimum atomic E-state index is -1.02. The van der Waals surface area contributed by atoms with Crippen LogP contribution in [0.2, 0.25) is 0 Å². The number of aryl methyl sites for hydroxylation is 1. The van der Waals surface area contributed by atoms with Gasteiger partial charge >= 0.3 is 11.9 Å². The molecule has 1 heterocycles. The number of aliphatic carboxylic acids is 2. The Morgan fingerprint density at radius 3 is 2.60 bits per heavy atom. The molecule has 0 bridgehead atoms. The summed E-state index contributed by atoms with van der Waals surface area (Å²) >= 11 is 0. The quantitative estimate of drug-likeness (QED) is 0.634. The number of carboxylic acid groups (broad SMARTS) is 2. The van der Waals surface area contributed by atoms with E-state index >= 15 is 0 Å². The van der Waals surface area contributed by atoms with Crippen molar-refractivity contribution < 1.29 is 19.8 Å². The molecule has 0 aliphatic carbocycles. The summed E-state index contributed by atoms with van der Waals surface area (Å²) in [6, 6.07) is 0. The number of hydrogen-bond donors (Lipinski definition) is 2. The van der Waals surface area contributed by atoms with Crippen LogP contribution in [0.4, 0.5) is 0 Å². The average Bonchev–Trinajstić information content (AvgIpc) is 2.51. The third kappa shape index (κ3) is 3.71. The summed E-state index contributed by atoms with van der Waals surface area (Å²) in [7, 11) is 0. The molecule has 0 atom stereocenters. The van der Waals surface area contributed by atoms with Crippen molar-refractivity contribution in [2.75, 3.05) is 0 Å². The van der Waals surface area contributed by atoms with Crippen LogP contribution in [0.5, 0.6) is 0 Å². The minimum absolute atomic E-state index is 0.00632. The zero-order chi connectivity index (χ0) is 11.3. The summed E-state index contributed by atoms with van der Waals surface area (Å²) in [6.07, 6.45) is 0.111. The van der Waals surface area contributed by atoms with Gasteiger partial charge in [-0.3, -0.25) is 9.59 Å². The summed E-state index contributed by atoms with van der Waals surface area (Å²) in [5.74, 6) is -1.69. The fourth-order valence-corrected chi connectivity index (χ4v) is 1.04. The Hall–Kier alpha value is -1.99. The predicted octanol–water partition coefficient (Wildman–Crippen LogP) is -0.835. The number of rotatable bonds is 6. The van der Waals surface area contributed by atoms with Gasteiger partial charge in [-0.05, 0) is 16.8 Å². The van der Waals surface area contributed by atoms with Gasteiger partial charge in [0.05, 0.1) is 0 Å². The molecule has 82 valence electrons. The van der Waals surface area contributed by atoms with Gasteiger partial charge in [0, 0.05) is 13.0 Å². The standard InChI is InChI=1S/C7H10N4O4/c12-6(13)2-1-3-11-5(4-7(14)15)8-9-10-11/h1-4H2,(H,12,13)(H,14,15). The summed E-state index contributed by atoms with van der Waals surface area (Å²) in [5.41, 5.74) is 0. The summed E-state index contributed by atoms with van der Waals surface area (Å²) in [4.78, 5) is 20.6. The Morgan fingerprint density at radius 1 is 1.27 bits per heavy atom. The second-order valence-electron chi connectivity index (χ2n) is 2.89. The Kier molecular flexibility index (Phi) is 3.72. The fourth-order valence-electron chi connectivity index (χ4n) is 1.04. The summed E-state index contributed by atoms with van der Waals surface area (Å²) < 4.78 is 1.30. The first kappa shape index (κ1) is 11.1. The van der Waals surface area contributed by atoms with Crippen molar-refractivity contribution in [1.29, 1.82) is 0 Å². The molecule has 1 aromatic heterocycles. The van der Waals surface area contributed by atoms with Crippen molar-refractivity contribution in [1.82, 2.24) is 20.2 Å². The Balaban J connectivity index is 2.49. The molecule has 0 saturated carbocycles. The first-order valence-corrected chi connectivity index (χ1v) is 4.28. The summed E-state index contributed by atoms with van der Waals surface area (Å²) in [5, 5.41) is 27.3. The van der Waals surface area contributed by atoms with Crippen molar-refractivity contribution in [3.8, 4) is 0 Å². The van der Waals surface area contributed by atoms with Gasteiger partial charge in [-0.2, -0.15) is 0 Å². The van der Waals surface area contributed by atoms with Gasteiger partial charge < -0.3 is 10.2 Å². The summed E-state index contributed by atoms with van der Waals surface area (Å²) in [6.45, 7) is 0.307. The van der Waals surface area contributed by atoms with E-state index < -0.39 is 11.9 Å². The normalized spacial score (nSPS) is 10.1. The van der Waals surface area contributed by atoms with Gasteiger partial charge in [0.2, 0.25) is 0 Å². The average molecular weight is 214 g/mol. The van der Waals surface area contributed by atoms with Gasteiger partial charge in [0.15, 0.2) is 5.82 Å². The Morgan fingerprint density at radius 2 is 2.00 bits per heavy atom. The van der Waals surface area contributed by atoms with Crippen LogP contribution in [0.25, 0.3) is 0 Å². The van der Waals surface area contributed by atoms with E-state index in [9.17, 15) is 9.59 Å². The van der Waals surface area contributed by atoms with Crippen LogP contribution in [0, 0.1) is 0 Å². The molecule has 0 amide bonds. The molecule has 2 N–H and O–H groups in total. The van der Waals surface area contributed by atoms with E-state index in [1.807, 2.05) is 0 Å². The second-order valence-corrected chi connectivity index (χ2v) is 2.89. The smallest absolute Gasteiger partial charge is 0.311 e. The molecule has 15 heavy (non-hydrogen) atoms. The highest BCUT2D eigenvalue weighted by atomic mass is 16.4. The molecule has 1 aromatic rings. The molecule has 0 unspecified atom stereocenters. The molecule has 8 nitrogen and oxygen atoms in total. The van der Waals surface area contributed by atoms with E-state index in [1.54, 1.807) is 0 Å². The number of tetrazole rings is 1. The second kappa shape index (κ2) is 5.03. The van der Waals surface area contributed by atoms with Gasteiger partial charge in [-0.15, -0.1) is 5.10 Å². The highest BCUT2D eigenvalue weighted by molar-refractivity contribution is 5.69. The number of carboxylic acids is 2. The lowest BCUT2D eigenvalue weighted by molar-refractivity contribution is -0.138. The fraction of sp³-hybridized carbons (Fsp3) is 0.571. The predicted molar refractivity (Wildman–Crippen MR) is 46.0 cm³/mol. The van der Waals surface area contributed by atoms with Gasteiger partial charge in [-0.25, -0.2) is 4.68 Å². The molecule has 0 aliphatic rings. The van der Waals surface area contributed by atoms with Crippen molar-refractivity contribution in [3.05, 3.63) is 5.82 Å². The molecule has 0 radical (unpaired) electrons. The van der Waals surface area contributed by atoms with Crippen LogP contribution < -0.4 is 0 Å². The van der Waals surface area contributed by atoms with E-state index in [0.717, 1.165) is 0 Å². The maximum absolute atomic E-state index is 10.4. The maximum atomic E-state index is 10.4. The SMILES string of the molecule is O=C(O)CCCn1nnnc1CC(=O)O. The van der Waals surface area contributed by atoms with E-state index in [-0.39, 0.29) is 18.7 Å². The topological polar surface area (TPSA) is 118 Å². The van der Waals surface area contributed by atoms with Gasteiger partial charge in [0.1, 0.15) is 6.42 Å². The lowest BCUT2D eigenvalue weighted by Crippen LogP contribution is -2.11. The molecule has 0 spiro atoms. The third-order valence-electron chi connectivity index (χ3n) is 1.68. The number of nitrogens with zero attached hydrogens (tertiary/aromatic N) is 4. The van der Waals surface area contributed by atoms with Crippen LogP contribution in [-0.2, 0) is 22.6 Å². The van der Waals surface area contributed by atoms with Crippen LogP contribution in [-0.4, -0.2) is 42.4 Å². The van der Waals surface area contributed by atoms with E-state index in [2.05, 4.69) is 15.5 Å². The lowest BCUT2D eigenvalue weighted by Gasteiger charge is -2.00. The van der Waals surface area contributed by atoms with Gasteiger partial charge in [-0.1, -0.05) is 0 Å². The molecule has 1 rings (SSSR count). The maximum Gasteiger partial charge on any atom is 0.311 e. The first-order chi connectivity index (χ1) is 7.09. The molecule has 0 saturated heterocycles. The van der Waals surface area contributed by atoms with Crippen LogP contribution in [0.3, 0.4) is 0 Å². The molecular formula is C7H10N4O4. The zero-order valence-electron chi connectivity index (χ0n) is 7.83. The van der Waals surface area contributed by atoms with Crippen LogP contribution in [0.15, 0.2) is 0 Å². The van der Waals surface area contributed by atoms with Crippen LogP contribution in [0.1, 0.15) is 18.7 Å². The van der Waals surface area contributed by atoms with Crippen molar-refractivity contribution >= 4 is 11.9 Å². The highest BCUT2D eigenvalue weighted by Gasteiger charge is 2.10. The molecular weight excluding hydrogens is 204 g/mol. The monoisotopic (exact) mass is 214 g/mol. The number of carbonyl (C=O) groups is 2. The van der Waals surface area contributed by atoms with E-state index in [1.165, 1.54) is 4.68 Å². The Labute approximate surface area is 84.5 Å². The van der Waals surface area contributed by atoms with Crippen molar-refractivity contribution in [2.45, 2.75) is 25.8 Å². The van der Waals surface area contributed by atoms with Crippen molar-refractivity contribution in [2.24, 2.45) is 0 Å². The molecule has 8 heteroatoms. The minimum Gasteiger partial charge on any atom is -0.481 e. The van der Waals surface area contributed by atoms with E-state index in [0.29, 0.717) is 13.0 Å². The molecule has 0 aliphatic heterocycles. The largest absolute Gasteiger partial charge is 0.481 e. The first-order valence-electron chi connectivity index (χ1n) is 4.28. The molecule has 0 aromatic carbocycles. The van der Waals surface area contributed by atoms with Crippen molar-refractivity contribution in [3.63, 3.8) is 0 Å². The zero-order valence-corrected chi connectivity index (χ0v) is 7.83. The highest BCUT2D eigenvalue weighted by Crippen LogP contribution is 1.98. The Bertz CT molecular complexity index is 362. The van der Waals surface area contributed by atoms with Crippen LogP contribution >= 0.6 is 0 Å². The number of aromatic nitrogens is 4. The van der Waals surface area contributed by atoms with E-state index in [4.69, 9.17) is 10.2 Å². The van der Waals surface area contributed by atoms with Gasteiger partial charge in [0.25, 0.3) is 0 Å². The number of hydrogen-bond acceptors (Lipinski definition) is 5. The third-order valence-corrected chi connectivity index (χ3v) is 1.68. The molecule has 0 fully saturated rings. The lowest BCUT2D eigenvalue weighted by atomic mass is 10.3.